The molecule has 34 heavy (non-hydrogen) atoms. The molecule has 3 aromatic carbocycles. The third-order valence-electron chi connectivity index (χ3n) is 4.87. The quantitative estimate of drug-likeness (QED) is 0.274. The summed E-state index contributed by atoms with van der Waals surface area (Å²) in [6, 6.07) is 23.6. The zero-order valence-electron chi connectivity index (χ0n) is 19.2. The Morgan fingerprint density at radius 2 is 1.44 bits per heavy atom. The summed E-state index contributed by atoms with van der Waals surface area (Å²) >= 11 is 1.42. The normalized spacial score (nSPS) is 11.4. The SMILES string of the molecule is CCCC(=O)Nc1ccc(SC(C(=O)Nc2ccc(C(=O)OCC)cc2)c2ccccc2)cc1. The second-order valence-corrected chi connectivity index (χ2v) is 8.70. The second-order valence-electron chi connectivity index (χ2n) is 7.52. The zero-order valence-corrected chi connectivity index (χ0v) is 20.1. The molecular weight excluding hydrogens is 448 g/mol. The zero-order chi connectivity index (χ0) is 24.3. The number of rotatable bonds is 10. The first-order valence-corrected chi connectivity index (χ1v) is 12.1. The Morgan fingerprint density at radius 3 is 2.06 bits per heavy atom. The summed E-state index contributed by atoms with van der Waals surface area (Å²) in [4.78, 5) is 37.8. The van der Waals surface area contributed by atoms with Gasteiger partial charge in [-0.2, -0.15) is 0 Å². The van der Waals surface area contributed by atoms with Crippen molar-refractivity contribution < 1.29 is 19.1 Å². The van der Waals surface area contributed by atoms with Crippen molar-refractivity contribution in [3.05, 3.63) is 90.0 Å². The average molecular weight is 477 g/mol. The lowest BCUT2D eigenvalue weighted by atomic mass is 10.1. The van der Waals surface area contributed by atoms with Crippen molar-refractivity contribution in [2.24, 2.45) is 0 Å². The number of thioether (sulfide) groups is 1. The Kier molecular flexibility index (Phi) is 9.29. The van der Waals surface area contributed by atoms with E-state index >= 15 is 0 Å². The molecule has 0 aliphatic carbocycles. The predicted octanol–water partition coefficient (Wildman–Crippen LogP) is 6.07. The number of carbonyl (C=O) groups is 3. The van der Waals surface area contributed by atoms with Gasteiger partial charge in [-0.1, -0.05) is 37.3 Å². The summed E-state index contributed by atoms with van der Waals surface area (Å²) in [5, 5.41) is 5.32. The molecule has 0 radical (unpaired) electrons. The molecule has 7 heteroatoms. The molecule has 176 valence electrons. The molecule has 0 aliphatic rings. The van der Waals surface area contributed by atoms with E-state index in [9.17, 15) is 14.4 Å². The predicted molar refractivity (Wildman–Crippen MR) is 136 cm³/mol. The van der Waals surface area contributed by atoms with E-state index in [-0.39, 0.29) is 11.8 Å². The van der Waals surface area contributed by atoms with Crippen molar-refractivity contribution in [3.63, 3.8) is 0 Å². The summed E-state index contributed by atoms with van der Waals surface area (Å²) in [7, 11) is 0. The molecule has 3 rings (SSSR count). The minimum Gasteiger partial charge on any atom is -0.462 e. The maximum Gasteiger partial charge on any atom is 0.338 e. The Morgan fingerprint density at radius 1 is 0.824 bits per heavy atom. The molecule has 2 N–H and O–H groups in total. The molecular formula is C27H28N2O4S. The fraction of sp³-hybridized carbons (Fsp3) is 0.222. The Hall–Kier alpha value is -3.58. The summed E-state index contributed by atoms with van der Waals surface area (Å²) in [6.07, 6.45) is 1.27. The lowest BCUT2D eigenvalue weighted by molar-refractivity contribution is -0.116. The Balaban J connectivity index is 1.73. The monoisotopic (exact) mass is 476 g/mol. The lowest BCUT2D eigenvalue weighted by Crippen LogP contribution is -2.19. The van der Waals surface area contributed by atoms with Gasteiger partial charge >= 0.3 is 5.97 Å². The molecule has 2 amide bonds. The first kappa shape index (κ1) is 25.1. The molecule has 3 aromatic rings. The van der Waals surface area contributed by atoms with Gasteiger partial charge < -0.3 is 15.4 Å². The summed E-state index contributed by atoms with van der Waals surface area (Å²) in [6.45, 7) is 4.02. The third kappa shape index (κ3) is 7.22. The largest absolute Gasteiger partial charge is 0.462 e. The van der Waals surface area contributed by atoms with Gasteiger partial charge in [-0.25, -0.2) is 4.79 Å². The molecule has 0 fully saturated rings. The fourth-order valence-electron chi connectivity index (χ4n) is 3.22. The number of ether oxygens (including phenoxy) is 1. The van der Waals surface area contributed by atoms with Crippen LogP contribution in [0.25, 0.3) is 0 Å². The molecule has 0 aromatic heterocycles. The van der Waals surface area contributed by atoms with Crippen molar-refractivity contribution in [2.45, 2.75) is 36.8 Å². The van der Waals surface area contributed by atoms with Gasteiger partial charge in [0.1, 0.15) is 5.25 Å². The number of hydrogen-bond donors (Lipinski definition) is 2. The molecule has 6 nitrogen and oxygen atoms in total. The van der Waals surface area contributed by atoms with Gasteiger partial charge in [0.15, 0.2) is 0 Å². The molecule has 0 saturated carbocycles. The van der Waals surface area contributed by atoms with E-state index in [4.69, 9.17) is 4.74 Å². The number of hydrogen-bond acceptors (Lipinski definition) is 5. The molecule has 1 atom stereocenters. The van der Waals surface area contributed by atoms with Crippen LogP contribution in [0.3, 0.4) is 0 Å². The van der Waals surface area contributed by atoms with Gasteiger partial charge in [-0.05, 0) is 67.4 Å². The van der Waals surface area contributed by atoms with Crippen molar-refractivity contribution in [2.75, 3.05) is 17.2 Å². The van der Waals surface area contributed by atoms with Crippen LogP contribution in [0.5, 0.6) is 0 Å². The minimum absolute atomic E-state index is 0.0154. The first-order chi connectivity index (χ1) is 16.5. The van der Waals surface area contributed by atoms with Gasteiger partial charge in [0.2, 0.25) is 11.8 Å². The fourth-order valence-corrected chi connectivity index (χ4v) is 4.24. The smallest absolute Gasteiger partial charge is 0.338 e. The number of esters is 1. The van der Waals surface area contributed by atoms with Crippen LogP contribution in [0, 0.1) is 0 Å². The number of benzene rings is 3. The topological polar surface area (TPSA) is 84.5 Å². The average Bonchev–Trinajstić information content (AvgIpc) is 2.85. The van der Waals surface area contributed by atoms with Crippen LogP contribution in [0.4, 0.5) is 11.4 Å². The Labute approximate surface area is 204 Å². The van der Waals surface area contributed by atoms with Crippen LogP contribution >= 0.6 is 11.8 Å². The van der Waals surface area contributed by atoms with Crippen molar-refractivity contribution in [3.8, 4) is 0 Å². The number of nitrogens with one attached hydrogen (secondary N) is 2. The summed E-state index contributed by atoms with van der Waals surface area (Å²) in [5.41, 5.74) is 2.62. The third-order valence-corrected chi connectivity index (χ3v) is 6.14. The second kappa shape index (κ2) is 12.6. The highest BCUT2D eigenvalue weighted by atomic mass is 32.2. The molecule has 0 bridgehead atoms. The van der Waals surface area contributed by atoms with E-state index in [1.807, 2.05) is 61.5 Å². The highest BCUT2D eigenvalue weighted by Gasteiger charge is 2.22. The number of carbonyl (C=O) groups excluding carboxylic acids is 3. The van der Waals surface area contributed by atoms with Gasteiger partial charge in [0, 0.05) is 22.7 Å². The van der Waals surface area contributed by atoms with Crippen LogP contribution in [-0.2, 0) is 14.3 Å². The van der Waals surface area contributed by atoms with Gasteiger partial charge in [-0.15, -0.1) is 11.8 Å². The van der Waals surface area contributed by atoms with E-state index in [0.717, 1.165) is 22.6 Å². The van der Waals surface area contributed by atoms with Crippen LogP contribution in [-0.4, -0.2) is 24.4 Å². The van der Waals surface area contributed by atoms with Crippen LogP contribution in [0.15, 0.2) is 83.8 Å². The molecule has 0 saturated heterocycles. The minimum atomic E-state index is -0.494. The van der Waals surface area contributed by atoms with Gasteiger partial charge in [0.05, 0.1) is 12.2 Å². The van der Waals surface area contributed by atoms with Crippen molar-refractivity contribution in [1.82, 2.24) is 0 Å². The summed E-state index contributed by atoms with van der Waals surface area (Å²) < 4.78 is 5.00. The molecule has 0 spiro atoms. The standard InChI is InChI=1S/C27H28N2O4S/c1-3-8-24(30)28-21-15-17-23(18-16-21)34-25(19-9-6-5-7-10-19)26(31)29-22-13-11-20(12-14-22)27(32)33-4-2/h5-7,9-18,25H,3-4,8H2,1-2H3,(H,28,30)(H,29,31). The van der Waals surface area contributed by atoms with E-state index < -0.39 is 11.2 Å². The molecule has 0 heterocycles. The van der Waals surface area contributed by atoms with Gasteiger partial charge in [0.25, 0.3) is 0 Å². The van der Waals surface area contributed by atoms with E-state index in [0.29, 0.717) is 24.3 Å². The highest BCUT2D eigenvalue weighted by Crippen LogP contribution is 2.36. The van der Waals surface area contributed by atoms with E-state index in [1.165, 1.54) is 11.8 Å². The van der Waals surface area contributed by atoms with Crippen molar-refractivity contribution >= 4 is 40.9 Å². The first-order valence-electron chi connectivity index (χ1n) is 11.2. The lowest BCUT2D eigenvalue weighted by Gasteiger charge is -2.17. The van der Waals surface area contributed by atoms with E-state index in [2.05, 4.69) is 10.6 Å². The van der Waals surface area contributed by atoms with Crippen LogP contribution < -0.4 is 10.6 Å². The maximum atomic E-state index is 13.2. The molecule has 1 unspecified atom stereocenters. The molecule has 0 aliphatic heterocycles. The van der Waals surface area contributed by atoms with Gasteiger partial charge in [-0.3, -0.25) is 9.59 Å². The number of amides is 2. The van der Waals surface area contributed by atoms with Crippen molar-refractivity contribution in [1.29, 1.82) is 0 Å². The summed E-state index contributed by atoms with van der Waals surface area (Å²) in [5.74, 6) is -0.591. The highest BCUT2D eigenvalue weighted by molar-refractivity contribution is 8.00. The Bertz CT molecular complexity index is 1100. The van der Waals surface area contributed by atoms with Crippen LogP contribution in [0.1, 0.15) is 47.9 Å². The van der Waals surface area contributed by atoms with E-state index in [1.54, 1.807) is 31.2 Å². The number of anilines is 2. The van der Waals surface area contributed by atoms with Crippen LogP contribution in [0.2, 0.25) is 0 Å². The maximum absolute atomic E-state index is 13.2.